The molecule has 0 aromatic heterocycles. The number of methoxy groups -OCH3 is 2. The van der Waals surface area contributed by atoms with Crippen LogP contribution in [0.4, 0.5) is 11.4 Å². The summed E-state index contributed by atoms with van der Waals surface area (Å²) >= 11 is 0. The summed E-state index contributed by atoms with van der Waals surface area (Å²) < 4.78 is 10.3. The molecule has 0 fully saturated rings. The largest absolute Gasteiger partial charge is 0.497 e. The topological polar surface area (TPSA) is 100 Å². The number of benzene rings is 2. The van der Waals surface area contributed by atoms with Crippen molar-refractivity contribution in [2.24, 2.45) is 0 Å². The van der Waals surface area contributed by atoms with Gasteiger partial charge in [0.15, 0.2) is 0 Å². The second kappa shape index (κ2) is 8.36. The summed E-state index contributed by atoms with van der Waals surface area (Å²) in [4.78, 5) is 23.8. The fourth-order valence-corrected chi connectivity index (χ4v) is 2.09. The highest BCUT2D eigenvalue weighted by atomic mass is 16.5. The van der Waals surface area contributed by atoms with Crippen LogP contribution in [0, 0.1) is 11.3 Å². The Morgan fingerprint density at radius 2 is 1.76 bits per heavy atom. The maximum atomic E-state index is 12.3. The van der Waals surface area contributed by atoms with E-state index in [2.05, 4.69) is 10.6 Å². The number of nitrogens with one attached hydrogen (secondary N) is 2. The average molecular weight is 339 g/mol. The predicted octanol–water partition coefficient (Wildman–Crippen LogP) is 2.81. The van der Waals surface area contributed by atoms with Crippen LogP contribution in [-0.2, 0) is 4.79 Å². The van der Waals surface area contributed by atoms with E-state index in [0.717, 1.165) is 0 Å². The van der Waals surface area contributed by atoms with E-state index in [0.29, 0.717) is 28.4 Å². The highest BCUT2D eigenvalue weighted by Gasteiger charge is 2.11. The van der Waals surface area contributed by atoms with Crippen LogP contribution >= 0.6 is 0 Å². The van der Waals surface area contributed by atoms with Gasteiger partial charge in [-0.15, -0.1) is 0 Å². The molecule has 7 heteroatoms. The zero-order chi connectivity index (χ0) is 18.2. The molecule has 2 amide bonds. The summed E-state index contributed by atoms with van der Waals surface area (Å²) in [6.45, 7) is 0. The molecule has 0 aliphatic rings. The van der Waals surface area contributed by atoms with E-state index in [1.165, 1.54) is 7.11 Å². The monoisotopic (exact) mass is 339 g/mol. The predicted molar refractivity (Wildman–Crippen MR) is 92.8 cm³/mol. The molecule has 2 N–H and O–H groups in total. The molecule has 2 aromatic rings. The minimum absolute atomic E-state index is 0.238. The lowest BCUT2D eigenvalue weighted by atomic mass is 10.2. The third kappa shape index (κ3) is 4.72. The van der Waals surface area contributed by atoms with Crippen LogP contribution in [-0.4, -0.2) is 26.0 Å². The SMILES string of the molecule is COc1ccc(C(=O)Nc2ccc(NC(=O)CC#N)cc2OC)cc1. The number of hydrogen-bond donors (Lipinski definition) is 2. The van der Waals surface area contributed by atoms with E-state index in [1.807, 2.05) is 0 Å². The second-order valence-corrected chi connectivity index (χ2v) is 4.98. The van der Waals surface area contributed by atoms with Crippen LogP contribution in [0.25, 0.3) is 0 Å². The van der Waals surface area contributed by atoms with Crippen molar-refractivity contribution in [1.82, 2.24) is 0 Å². The first kappa shape index (κ1) is 17.8. The van der Waals surface area contributed by atoms with Crippen molar-refractivity contribution in [3.8, 4) is 17.6 Å². The molecule has 0 aliphatic carbocycles. The van der Waals surface area contributed by atoms with Crippen LogP contribution in [0.3, 0.4) is 0 Å². The summed E-state index contributed by atoms with van der Waals surface area (Å²) in [7, 11) is 3.01. The first-order chi connectivity index (χ1) is 12.1. The molecule has 0 saturated carbocycles. The highest BCUT2D eigenvalue weighted by molar-refractivity contribution is 6.05. The quantitative estimate of drug-likeness (QED) is 0.843. The lowest BCUT2D eigenvalue weighted by molar-refractivity contribution is -0.115. The standard InChI is InChI=1S/C18H17N3O4/c1-24-14-6-3-12(4-7-14)18(23)21-15-8-5-13(11-16(15)25-2)20-17(22)9-10-19/h3-8,11H,9H2,1-2H3,(H,20,22)(H,21,23). The molecule has 2 rings (SSSR count). The number of rotatable bonds is 6. The van der Waals surface area contributed by atoms with Gasteiger partial charge in [-0.2, -0.15) is 5.26 Å². The van der Waals surface area contributed by atoms with Gasteiger partial charge in [-0.05, 0) is 36.4 Å². The van der Waals surface area contributed by atoms with Gasteiger partial charge in [0, 0.05) is 17.3 Å². The summed E-state index contributed by atoms with van der Waals surface area (Å²) in [6.07, 6.45) is -0.238. The van der Waals surface area contributed by atoms with Crippen LogP contribution < -0.4 is 20.1 Å². The number of carbonyl (C=O) groups is 2. The fourth-order valence-electron chi connectivity index (χ4n) is 2.09. The Hall–Kier alpha value is -3.53. The van der Waals surface area contributed by atoms with E-state index in [-0.39, 0.29) is 12.3 Å². The lowest BCUT2D eigenvalue weighted by Gasteiger charge is -2.12. The number of nitrogens with zero attached hydrogens (tertiary/aromatic N) is 1. The van der Waals surface area contributed by atoms with Crippen molar-refractivity contribution in [2.75, 3.05) is 24.9 Å². The number of anilines is 2. The summed E-state index contributed by atoms with van der Waals surface area (Å²) in [6, 6.07) is 13.3. The van der Waals surface area contributed by atoms with Crippen LogP contribution in [0.2, 0.25) is 0 Å². The van der Waals surface area contributed by atoms with Crippen molar-refractivity contribution in [3.63, 3.8) is 0 Å². The van der Waals surface area contributed by atoms with Gasteiger partial charge in [0.25, 0.3) is 5.91 Å². The van der Waals surface area contributed by atoms with Crippen molar-refractivity contribution in [3.05, 3.63) is 48.0 Å². The second-order valence-electron chi connectivity index (χ2n) is 4.98. The lowest BCUT2D eigenvalue weighted by Crippen LogP contribution is -2.13. The zero-order valence-corrected chi connectivity index (χ0v) is 13.8. The van der Waals surface area contributed by atoms with Crippen molar-refractivity contribution in [2.45, 2.75) is 6.42 Å². The minimum atomic E-state index is -0.417. The molecule has 0 heterocycles. The Morgan fingerprint density at radius 1 is 1.04 bits per heavy atom. The summed E-state index contributed by atoms with van der Waals surface area (Å²) in [5.74, 6) is 0.324. The van der Waals surface area contributed by atoms with E-state index in [4.69, 9.17) is 14.7 Å². The molecule has 2 aromatic carbocycles. The molecule has 128 valence electrons. The van der Waals surface area contributed by atoms with E-state index in [1.54, 1.807) is 55.6 Å². The summed E-state index contributed by atoms with van der Waals surface area (Å²) in [5, 5.41) is 13.8. The molecule has 0 unspecified atom stereocenters. The van der Waals surface area contributed by atoms with Gasteiger partial charge in [0.1, 0.15) is 17.9 Å². The fraction of sp³-hybridized carbons (Fsp3) is 0.167. The number of ether oxygens (including phenoxy) is 2. The molecular formula is C18H17N3O4. The number of hydrogen-bond acceptors (Lipinski definition) is 5. The van der Waals surface area contributed by atoms with E-state index >= 15 is 0 Å². The minimum Gasteiger partial charge on any atom is -0.497 e. The van der Waals surface area contributed by atoms with Crippen molar-refractivity contribution >= 4 is 23.2 Å². The van der Waals surface area contributed by atoms with Gasteiger partial charge in [-0.3, -0.25) is 9.59 Å². The van der Waals surface area contributed by atoms with Gasteiger partial charge >= 0.3 is 0 Å². The first-order valence-electron chi connectivity index (χ1n) is 7.37. The van der Waals surface area contributed by atoms with Gasteiger partial charge in [0.2, 0.25) is 5.91 Å². The third-order valence-corrected chi connectivity index (χ3v) is 3.33. The molecule has 0 atom stereocenters. The highest BCUT2D eigenvalue weighted by Crippen LogP contribution is 2.28. The zero-order valence-electron chi connectivity index (χ0n) is 13.8. The third-order valence-electron chi connectivity index (χ3n) is 3.33. The Labute approximate surface area is 145 Å². The molecule has 0 saturated heterocycles. The smallest absolute Gasteiger partial charge is 0.255 e. The molecule has 7 nitrogen and oxygen atoms in total. The Balaban J connectivity index is 2.14. The van der Waals surface area contributed by atoms with Gasteiger partial charge in [-0.1, -0.05) is 0 Å². The maximum Gasteiger partial charge on any atom is 0.255 e. The molecule has 0 bridgehead atoms. The average Bonchev–Trinajstić information content (AvgIpc) is 2.63. The molecular weight excluding hydrogens is 322 g/mol. The molecule has 0 radical (unpaired) electrons. The number of amides is 2. The van der Waals surface area contributed by atoms with E-state index < -0.39 is 5.91 Å². The van der Waals surface area contributed by atoms with Gasteiger partial charge in [0.05, 0.1) is 26.0 Å². The Bertz CT molecular complexity index is 810. The van der Waals surface area contributed by atoms with Gasteiger partial charge < -0.3 is 20.1 Å². The molecule has 0 spiro atoms. The van der Waals surface area contributed by atoms with Gasteiger partial charge in [-0.25, -0.2) is 0 Å². The Morgan fingerprint density at radius 3 is 2.36 bits per heavy atom. The molecule has 25 heavy (non-hydrogen) atoms. The van der Waals surface area contributed by atoms with E-state index in [9.17, 15) is 9.59 Å². The summed E-state index contributed by atoms with van der Waals surface area (Å²) in [5.41, 5.74) is 1.40. The maximum absolute atomic E-state index is 12.3. The Kier molecular flexibility index (Phi) is 5.96. The van der Waals surface area contributed by atoms with Crippen LogP contribution in [0.5, 0.6) is 11.5 Å². The normalized spacial score (nSPS) is 9.64. The van der Waals surface area contributed by atoms with Crippen LogP contribution in [0.1, 0.15) is 16.8 Å². The van der Waals surface area contributed by atoms with Crippen LogP contribution in [0.15, 0.2) is 42.5 Å². The van der Waals surface area contributed by atoms with Crippen molar-refractivity contribution < 1.29 is 19.1 Å². The first-order valence-corrected chi connectivity index (χ1v) is 7.37. The molecule has 0 aliphatic heterocycles. The van der Waals surface area contributed by atoms with Crippen molar-refractivity contribution in [1.29, 1.82) is 5.26 Å². The number of carbonyl (C=O) groups excluding carboxylic acids is 2. The number of nitriles is 1.